The number of nitrogens with zero attached hydrogens (tertiary/aromatic N) is 9. The Kier molecular flexibility index (Phi) is 11.9. The highest BCUT2D eigenvalue weighted by Gasteiger charge is 2.30. The number of fused-ring (bicyclic) bond motifs is 6. The molecule has 75 heavy (non-hydrogen) atoms. The van der Waals surface area contributed by atoms with Gasteiger partial charge in [-0.15, -0.1) is 0 Å². The molecule has 7 aromatic heterocycles. The molecule has 0 aliphatic rings. The first-order valence-electron chi connectivity index (χ1n) is 26.0. The van der Waals surface area contributed by atoms with Crippen LogP contribution in [0.5, 0.6) is 0 Å². The van der Waals surface area contributed by atoms with Crippen molar-refractivity contribution in [1.82, 2.24) is 39.0 Å². The van der Waals surface area contributed by atoms with Crippen molar-refractivity contribution in [2.45, 2.75) is 72.1 Å². The van der Waals surface area contributed by atoms with Gasteiger partial charge in [-0.25, -0.2) is 9.97 Å². The Balaban J connectivity index is 1.25. The van der Waals surface area contributed by atoms with Crippen LogP contribution in [0.3, 0.4) is 0 Å². The van der Waals surface area contributed by atoms with E-state index in [-0.39, 0.29) is 10.8 Å². The molecular weight excluding hydrogens is 919 g/mol. The maximum atomic E-state index is 5.48. The molecule has 0 aliphatic carbocycles. The number of hydrogen-bond donors (Lipinski definition) is 0. The third-order valence-corrected chi connectivity index (χ3v) is 14.7. The Morgan fingerprint density at radius 1 is 0.440 bits per heavy atom. The minimum Gasteiger partial charge on any atom is -0.307 e. The average Bonchev–Trinajstić information content (AvgIpc) is 4.02. The van der Waals surface area contributed by atoms with Crippen LogP contribution in [0.4, 0.5) is 17.1 Å². The largest absolute Gasteiger partial charge is 0.307 e. The van der Waals surface area contributed by atoms with Crippen molar-refractivity contribution in [3.05, 3.63) is 212 Å². The maximum Gasteiger partial charge on any atom is 0.160 e. The minimum absolute atomic E-state index is 0.0271. The van der Waals surface area contributed by atoms with Crippen LogP contribution in [0, 0.1) is 5.92 Å². The fraction of sp³-hybridized carbons (Fsp3) is 0.182. The fourth-order valence-corrected chi connectivity index (χ4v) is 10.6. The SMILES string of the molecule is CC(C)CCC(C)(C)c1ccc(N(c2ccc(C(C)(C)C)cc2)c2c(-n3c4cccnc4c4ncccc43)cc(-c3cc(-c4ccccc4)nc(-c4ccccc4)n3)cc2-n2c3cccnc3c3ncccc32)cc1. The summed E-state index contributed by atoms with van der Waals surface area (Å²) in [6.45, 7) is 16.2. The molecule has 0 unspecified atom stereocenters. The summed E-state index contributed by atoms with van der Waals surface area (Å²) >= 11 is 0. The number of rotatable bonds is 12. The number of benzene rings is 5. The molecule has 9 heteroatoms. The number of pyridine rings is 4. The zero-order valence-electron chi connectivity index (χ0n) is 43.6. The lowest BCUT2D eigenvalue weighted by atomic mass is 9.79. The van der Waals surface area contributed by atoms with Crippen LogP contribution >= 0.6 is 0 Å². The summed E-state index contributed by atoms with van der Waals surface area (Å²) in [5, 5.41) is 0. The lowest BCUT2D eigenvalue weighted by Crippen LogP contribution is -2.19. The number of aromatic nitrogens is 8. The summed E-state index contributed by atoms with van der Waals surface area (Å²) in [5.41, 5.74) is 18.5. The van der Waals surface area contributed by atoms with E-state index in [0.717, 1.165) is 113 Å². The Hall–Kier alpha value is -8.82. The summed E-state index contributed by atoms with van der Waals surface area (Å²) in [5.74, 6) is 1.25. The molecule has 0 bridgehead atoms. The first-order valence-corrected chi connectivity index (χ1v) is 26.0. The molecular formula is C66H59N9. The van der Waals surface area contributed by atoms with Gasteiger partial charge in [0.25, 0.3) is 0 Å². The van der Waals surface area contributed by atoms with Gasteiger partial charge in [-0.1, -0.05) is 140 Å². The van der Waals surface area contributed by atoms with Gasteiger partial charge >= 0.3 is 0 Å². The monoisotopic (exact) mass is 977 g/mol. The molecule has 0 saturated heterocycles. The normalized spacial score (nSPS) is 12.2. The van der Waals surface area contributed by atoms with E-state index >= 15 is 0 Å². The van der Waals surface area contributed by atoms with Crippen molar-refractivity contribution in [2.24, 2.45) is 5.92 Å². The van der Waals surface area contributed by atoms with Crippen molar-refractivity contribution in [2.75, 3.05) is 4.90 Å². The zero-order valence-corrected chi connectivity index (χ0v) is 43.6. The van der Waals surface area contributed by atoms with Gasteiger partial charge in [0, 0.05) is 52.9 Å². The first-order chi connectivity index (χ1) is 36.4. The molecule has 7 heterocycles. The van der Waals surface area contributed by atoms with Gasteiger partial charge in [0.1, 0.15) is 22.1 Å². The van der Waals surface area contributed by atoms with Crippen molar-refractivity contribution < 1.29 is 0 Å². The van der Waals surface area contributed by atoms with Gasteiger partial charge in [-0.3, -0.25) is 19.9 Å². The zero-order chi connectivity index (χ0) is 51.4. The molecule has 0 saturated carbocycles. The molecule has 368 valence electrons. The Bertz CT molecular complexity index is 3740. The highest BCUT2D eigenvalue weighted by Crippen LogP contribution is 2.49. The lowest BCUT2D eigenvalue weighted by molar-refractivity contribution is 0.415. The van der Waals surface area contributed by atoms with Crippen LogP contribution in [0.25, 0.3) is 89.4 Å². The predicted molar refractivity (Wildman–Crippen MR) is 309 cm³/mol. The standard InChI is InChI=1S/C66H59N9/c1-43(2)34-35-66(6,7)48-28-32-50(33-29-48)73(49-30-26-47(27-31-49)65(3,4)5)63-57(74-53-22-14-36-67-59(53)60-54(74)23-15-37-68-60)40-46(41-58(63)75-55-24-16-38-69-61(55)62-56(75)25-17-39-70-62)52-42-51(44-18-10-8-11-19-44)71-64(72-52)45-20-12-9-13-21-45/h8-33,36-43H,34-35H2,1-7H3. The van der Waals surface area contributed by atoms with Crippen LogP contribution in [0.2, 0.25) is 0 Å². The van der Waals surface area contributed by atoms with Gasteiger partial charge in [-0.2, -0.15) is 0 Å². The summed E-state index contributed by atoms with van der Waals surface area (Å²) in [6, 6.07) is 62.3. The summed E-state index contributed by atoms with van der Waals surface area (Å²) < 4.78 is 4.68. The minimum atomic E-state index is -0.0642. The van der Waals surface area contributed by atoms with Crippen molar-refractivity contribution in [1.29, 1.82) is 0 Å². The molecule has 0 atom stereocenters. The van der Waals surface area contributed by atoms with E-state index in [1.807, 2.05) is 73.3 Å². The van der Waals surface area contributed by atoms with Crippen LogP contribution in [-0.2, 0) is 10.8 Å². The number of hydrogen-bond acceptors (Lipinski definition) is 7. The van der Waals surface area contributed by atoms with Crippen molar-refractivity contribution >= 4 is 61.2 Å². The second kappa shape index (κ2) is 18.9. The van der Waals surface area contributed by atoms with E-state index in [4.69, 9.17) is 29.9 Å². The lowest BCUT2D eigenvalue weighted by Gasteiger charge is -2.33. The van der Waals surface area contributed by atoms with E-state index in [9.17, 15) is 0 Å². The predicted octanol–water partition coefficient (Wildman–Crippen LogP) is 16.7. The van der Waals surface area contributed by atoms with Crippen LogP contribution in [-0.4, -0.2) is 39.0 Å². The van der Waals surface area contributed by atoms with E-state index in [1.54, 1.807) is 0 Å². The molecule has 0 radical (unpaired) electrons. The Morgan fingerprint density at radius 2 is 0.853 bits per heavy atom. The van der Waals surface area contributed by atoms with E-state index < -0.39 is 0 Å². The van der Waals surface area contributed by atoms with Crippen molar-refractivity contribution in [3.8, 4) is 45.3 Å². The van der Waals surface area contributed by atoms with E-state index in [1.165, 1.54) is 11.1 Å². The molecule has 12 rings (SSSR count). The molecule has 0 spiro atoms. The smallest absolute Gasteiger partial charge is 0.160 e. The van der Waals surface area contributed by atoms with Gasteiger partial charge in [0.15, 0.2) is 5.82 Å². The highest BCUT2D eigenvalue weighted by molar-refractivity contribution is 6.09. The van der Waals surface area contributed by atoms with Crippen LogP contribution in [0.1, 0.15) is 72.4 Å². The first kappa shape index (κ1) is 47.2. The number of anilines is 3. The Morgan fingerprint density at radius 3 is 1.28 bits per heavy atom. The quantitative estimate of drug-likeness (QED) is 0.120. The molecule has 0 aliphatic heterocycles. The van der Waals surface area contributed by atoms with Crippen molar-refractivity contribution in [3.63, 3.8) is 0 Å². The fourth-order valence-electron chi connectivity index (χ4n) is 10.6. The van der Waals surface area contributed by atoms with Gasteiger partial charge < -0.3 is 14.0 Å². The van der Waals surface area contributed by atoms with Gasteiger partial charge in [0.05, 0.1) is 50.5 Å². The third kappa shape index (κ3) is 8.68. The maximum absolute atomic E-state index is 5.48. The molecule has 0 N–H and O–H groups in total. The van der Waals surface area contributed by atoms with Gasteiger partial charge in [-0.05, 0) is 125 Å². The summed E-state index contributed by atoms with van der Waals surface area (Å²) in [6.07, 6.45) is 9.65. The molecule has 9 nitrogen and oxygen atoms in total. The summed E-state index contributed by atoms with van der Waals surface area (Å²) in [7, 11) is 0. The molecule has 0 fully saturated rings. The average molecular weight is 978 g/mol. The van der Waals surface area contributed by atoms with Gasteiger partial charge in [0.2, 0.25) is 0 Å². The second-order valence-corrected chi connectivity index (χ2v) is 21.7. The van der Waals surface area contributed by atoms with E-state index in [0.29, 0.717) is 11.7 Å². The highest BCUT2D eigenvalue weighted by atomic mass is 15.2. The Labute approximate surface area is 438 Å². The molecule has 5 aromatic carbocycles. The van der Waals surface area contributed by atoms with Crippen LogP contribution < -0.4 is 4.90 Å². The topological polar surface area (TPSA) is 90.4 Å². The molecule has 12 aromatic rings. The third-order valence-electron chi connectivity index (χ3n) is 14.7. The van der Waals surface area contributed by atoms with E-state index in [2.05, 4.69) is 190 Å². The molecule has 0 amide bonds. The second-order valence-electron chi connectivity index (χ2n) is 21.7. The van der Waals surface area contributed by atoms with Crippen LogP contribution in [0.15, 0.2) is 201 Å². The summed E-state index contributed by atoms with van der Waals surface area (Å²) in [4.78, 5) is 33.3.